The van der Waals surface area contributed by atoms with Gasteiger partial charge in [0.2, 0.25) is 5.75 Å². The van der Waals surface area contributed by atoms with Gasteiger partial charge >= 0.3 is 0 Å². The van der Waals surface area contributed by atoms with Crippen molar-refractivity contribution in [3.05, 3.63) is 41.5 Å². The number of ether oxygens (including phenoxy) is 2. The Kier molecular flexibility index (Phi) is 4.42. The predicted octanol–water partition coefficient (Wildman–Crippen LogP) is 2.61. The fourth-order valence-corrected chi connectivity index (χ4v) is 2.11. The molecule has 2 aromatic rings. The second-order valence-corrected chi connectivity index (χ2v) is 4.67. The number of hydrogen-bond donors (Lipinski definition) is 3. The van der Waals surface area contributed by atoms with E-state index in [-0.39, 0.29) is 23.0 Å². The largest absolute Gasteiger partial charge is 0.504 e. The number of aromatic hydroxyl groups is 3. The van der Waals surface area contributed by atoms with Crippen LogP contribution in [0.4, 0.5) is 0 Å². The molecule has 0 bridgehead atoms. The van der Waals surface area contributed by atoms with Crippen molar-refractivity contribution in [2.45, 2.75) is 12.8 Å². The summed E-state index contributed by atoms with van der Waals surface area (Å²) in [5.41, 5.74) is 1.84. The zero-order chi connectivity index (χ0) is 15.4. The SMILES string of the molecule is COc1cc(CCc2cc(O)c(O)c(OC)c2)ccc1O. The van der Waals surface area contributed by atoms with Crippen molar-refractivity contribution in [1.29, 1.82) is 0 Å². The van der Waals surface area contributed by atoms with Crippen molar-refractivity contribution >= 4 is 0 Å². The minimum Gasteiger partial charge on any atom is -0.504 e. The summed E-state index contributed by atoms with van der Waals surface area (Å²) in [7, 11) is 2.94. The van der Waals surface area contributed by atoms with Gasteiger partial charge in [0, 0.05) is 0 Å². The molecule has 0 amide bonds. The smallest absolute Gasteiger partial charge is 0.200 e. The summed E-state index contributed by atoms with van der Waals surface area (Å²) >= 11 is 0. The van der Waals surface area contributed by atoms with Crippen LogP contribution in [0.1, 0.15) is 11.1 Å². The number of aryl methyl sites for hydroxylation is 2. The monoisotopic (exact) mass is 290 g/mol. The van der Waals surface area contributed by atoms with Crippen LogP contribution in [0.5, 0.6) is 28.7 Å². The molecule has 0 aromatic heterocycles. The fourth-order valence-electron chi connectivity index (χ4n) is 2.11. The van der Waals surface area contributed by atoms with Gasteiger partial charge in [-0.05, 0) is 48.2 Å². The maximum absolute atomic E-state index is 9.64. The van der Waals surface area contributed by atoms with Crippen LogP contribution in [0, 0.1) is 0 Å². The molecule has 5 nitrogen and oxygen atoms in total. The van der Waals surface area contributed by atoms with Crippen LogP contribution in [-0.2, 0) is 12.8 Å². The van der Waals surface area contributed by atoms with Crippen molar-refractivity contribution in [2.75, 3.05) is 14.2 Å². The maximum Gasteiger partial charge on any atom is 0.200 e. The van der Waals surface area contributed by atoms with Crippen molar-refractivity contribution < 1.29 is 24.8 Å². The van der Waals surface area contributed by atoms with E-state index in [1.54, 1.807) is 18.2 Å². The zero-order valence-corrected chi connectivity index (χ0v) is 12.0. The van der Waals surface area contributed by atoms with Gasteiger partial charge in [0.25, 0.3) is 0 Å². The third-order valence-corrected chi connectivity index (χ3v) is 3.28. The van der Waals surface area contributed by atoms with Crippen LogP contribution >= 0.6 is 0 Å². The Hall–Kier alpha value is -2.56. The lowest BCUT2D eigenvalue weighted by molar-refractivity contribution is 0.350. The summed E-state index contributed by atoms with van der Waals surface area (Å²) in [4.78, 5) is 0. The molecule has 2 aromatic carbocycles. The summed E-state index contributed by atoms with van der Waals surface area (Å²) in [5.74, 6) is 0.317. The minimum absolute atomic E-state index is 0.102. The molecule has 0 aliphatic rings. The lowest BCUT2D eigenvalue weighted by Crippen LogP contribution is -1.94. The summed E-state index contributed by atoms with van der Waals surface area (Å²) in [6.07, 6.45) is 1.35. The van der Waals surface area contributed by atoms with Crippen molar-refractivity contribution in [3.8, 4) is 28.7 Å². The molecule has 21 heavy (non-hydrogen) atoms. The molecule has 0 heterocycles. The summed E-state index contributed by atoms with van der Waals surface area (Å²) in [5, 5.41) is 28.8. The van der Waals surface area contributed by atoms with Gasteiger partial charge in [-0.25, -0.2) is 0 Å². The van der Waals surface area contributed by atoms with E-state index in [1.807, 2.05) is 6.07 Å². The molecule has 0 fully saturated rings. The second kappa shape index (κ2) is 6.26. The molecule has 0 aliphatic heterocycles. The van der Waals surface area contributed by atoms with Crippen LogP contribution in [0.2, 0.25) is 0 Å². The summed E-state index contributed by atoms with van der Waals surface area (Å²) in [6.45, 7) is 0. The highest BCUT2D eigenvalue weighted by Gasteiger charge is 2.10. The molecule has 3 N–H and O–H groups in total. The molecular formula is C16H18O5. The van der Waals surface area contributed by atoms with E-state index in [2.05, 4.69) is 0 Å². The Morgan fingerprint density at radius 2 is 1.38 bits per heavy atom. The molecule has 0 atom stereocenters. The Morgan fingerprint density at radius 3 is 2.05 bits per heavy atom. The van der Waals surface area contributed by atoms with Crippen LogP contribution in [0.25, 0.3) is 0 Å². The second-order valence-electron chi connectivity index (χ2n) is 4.67. The van der Waals surface area contributed by atoms with Gasteiger partial charge in [-0.15, -0.1) is 0 Å². The third-order valence-electron chi connectivity index (χ3n) is 3.28. The van der Waals surface area contributed by atoms with Crippen molar-refractivity contribution in [3.63, 3.8) is 0 Å². The predicted molar refractivity (Wildman–Crippen MR) is 78.4 cm³/mol. The normalized spacial score (nSPS) is 10.4. The van der Waals surface area contributed by atoms with Gasteiger partial charge in [0.05, 0.1) is 14.2 Å². The van der Waals surface area contributed by atoms with E-state index in [1.165, 1.54) is 20.3 Å². The highest BCUT2D eigenvalue weighted by molar-refractivity contribution is 5.52. The first-order valence-corrected chi connectivity index (χ1v) is 6.50. The number of rotatable bonds is 5. The van der Waals surface area contributed by atoms with Crippen LogP contribution in [0.3, 0.4) is 0 Å². The lowest BCUT2D eigenvalue weighted by atomic mass is 10.0. The highest BCUT2D eigenvalue weighted by atomic mass is 16.5. The molecule has 2 rings (SSSR count). The first-order chi connectivity index (χ1) is 10.0. The molecule has 0 aliphatic carbocycles. The Balaban J connectivity index is 2.15. The highest BCUT2D eigenvalue weighted by Crippen LogP contribution is 2.36. The zero-order valence-electron chi connectivity index (χ0n) is 12.0. The van der Waals surface area contributed by atoms with Crippen molar-refractivity contribution in [1.82, 2.24) is 0 Å². The van der Waals surface area contributed by atoms with Gasteiger partial charge < -0.3 is 24.8 Å². The Morgan fingerprint density at radius 1 is 0.762 bits per heavy atom. The first kappa shape index (κ1) is 14.8. The Labute approximate surface area is 123 Å². The average molecular weight is 290 g/mol. The number of phenols is 3. The fraction of sp³-hybridized carbons (Fsp3) is 0.250. The quantitative estimate of drug-likeness (QED) is 0.738. The molecule has 0 saturated heterocycles. The van der Waals surface area contributed by atoms with E-state index in [9.17, 15) is 15.3 Å². The van der Waals surface area contributed by atoms with Crippen LogP contribution in [-0.4, -0.2) is 29.5 Å². The summed E-state index contributed by atoms with van der Waals surface area (Å²) in [6, 6.07) is 8.37. The molecule has 5 heteroatoms. The Bertz CT molecular complexity index is 637. The topological polar surface area (TPSA) is 79.2 Å². The molecular weight excluding hydrogens is 272 g/mol. The minimum atomic E-state index is -0.257. The molecule has 0 unspecified atom stereocenters. The molecule has 0 radical (unpaired) electrons. The number of methoxy groups -OCH3 is 2. The standard InChI is InChI=1S/C16H18O5/c1-20-14-8-10(5-6-12(14)17)3-4-11-7-13(18)16(19)15(9-11)21-2/h5-9,17-19H,3-4H2,1-2H3. The van der Waals surface area contributed by atoms with Gasteiger partial charge in [-0.2, -0.15) is 0 Å². The van der Waals surface area contributed by atoms with E-state index < -0.39 is 0 Å². The van der Waals surface area contributed by atoms with E-state index in [0.29, 0.717) is 18.6 Å². The average Bonchev–Trinajstić information content (AvgIpc) is 2.49. The molecule has 0 spiro atoms. The van der Waals surface area contributed by atoms with Gasteiger partial charge in [-0.3, -0.25) is 0 Å². The molecule has 112 valence electrons. The van der Waals surface area contributed by atoms with E-state index in [0.717, 1.165) is 11.1 Å². The van der Waals surface area contributed by atoms with Crippen molar-refractivity contribution in [2.24, 2.45) is 0 Å². The van der Waals surface area contributed by atoms with Gasteiger partial charge in [0.15, 0.2) is 23.0 Å². The van der Waals surface area contributed by atoms with Gasteiger partial charge in [0.1, 0.15) is 0 Å². The maximum atomic E-state index is 9.64. The van der Waals surface area contributed by atoms with E-state index >= 15 is 0 Å². The number of phenolic OH excluding ortho intramolecular Hbond substituents is 3. The lowest BCUT2D eigenvalue weighted by Gasteiger charge is -2.10. The first-order valence-electron chi connectivity index (χ1n) is 6.50. The van der Waals surface area contributed by atoms with Gasteiger partial charge in [-0.1, -0.05) is 6.07 Å². The molecule has 0 saturated carbocycles. The number of benzene rings is 2. The third kappa shape index (κ3) is 3.31. The summed E-state index contributed by atoms with van der Waals surface area (Å²) < 4.78 is 10.1. The van der Waals surface area contributed by atoms with Crippen LogP contribution in [0.15, 0.2) is 30.3 Å². The van der Waals surface area contributed by atoms with Crippen LogP contribution < -0.4 is 9.47 Å². The number of hydrogen-bond acceptors (Lipinski definition) is 5. The van der Waals surface area contributed by atoms with E-state index in [4.69, 9.17) is 9.47 Å².